The molecular weight excluding hydrogens is 449 g/mol. The Labute approximate surface area is 185 Å². The van der Waals surface area contributed by atoms with Gasteiger partial charge in [0.1, 0.15) is 23.5 Å². The first-order valence-electron chi connectivity index (χ1n) is 9.43. The van der Waals surface area contributed by atoms with Gasteiger partial charge in [-0.2, -0.15) is 13.2 Å². The summed E-state index contributed by atoms with van der Waals surface area (Å²) in [6.07, 6.45) is -5.35. The van der Waals surface area contributed by atoms with Gasteiger partial charge in [0.15, 0.2) is 5.78 Å². The molecule has 0 bridgehead atoms. The molecule has 0 aliphatic carbocycles. The van der Waals surface area contributed by atoms with Crippen LogP contribution in [0.15, 0.2) is 71.1 Å². The molecule has 3 N–H and O–H groups in total. The second-order valence-electron chi connectivity index (χ2n) is 7.26. The molecule has 1 aromatic heterocycles. The highest BCUT2D eigenvalue weighted by atomic mass is 35.5. The minimum absolute atomic E-state index is 0.0651. The number of aliphatic hydroxyl groups is 1. The van der Waals surface area contributed by atoms with Gasteiger partial charge in [-0.25, -0.2) is 4.79 Å². The largest absolute Gasteiger partial charge is 0.459 e. The van der Waals surface area contributed by atoms with Gasteiger partial charge in [-0.05, 0) is 24.3 Å². The zero-order valence-corrected chi connectivity index (χ0v) is 16.9. The number of carbonyl (C=O) groups excluding carboxylic acids is 2. The molecule has 1 saturated heterocycles. The third kappa shape index (κ3) is 3.85. The summed E-state index contributed by atoms with van der Waals surface area (Å²) >= 11 is 5.98. The van der Waals surface area contributed by atoms with Crippen LogP contribution in [0.3, 0.4) is 0 Å². The Morgan fingerprint density at radius 1 is 1.06 bits per heavy atom. The number of carbonyl (C=O) groups is 2. The highest BCUT2D eigenvalue weighted by Crippen LogP contribution is 2.44. The summed E-state index contributed by atoms with van der Waals surface area (Å²) in [7, 11) is 0. The smallest absolute Gasteiger partial charge is 0.437 e. The van der Waals surface area contributed by atoms with Crippen LogP contribution in [0, 0.1) is 5.92 Å². The SMILES string of the molecule is O=C1N[C@@H](c2ccc(-c3cccc(Cl)c3)o2)[C@H](C(=O)c2ccccc2)[C@](O)(C(F)(F)F)N1. The van der Waals surface area contributed by atoms with Crippen molar-refractivity contribution in [3.05, 3.63) is 83.1 Å². The van der Waals surface area contributed by atoms with Crippen LogP contribution < -0.4 is 10.6 Å². The molecule has 1 aliphatic heterocycles. The first-order valence-corrected chi connectivity index (χ1v) is 9.80. The van der Waals surface area contributed by atoms with Crippen molar-refractivity contribution in [2.45, 2.75) is 17.9 Å². The molecule has 3 atom stereocenters. The van der Waals surface area contributed by atoms with E-state index in [9.17, 15) is 27.9 Å². The lowest BCUT2D eigenvalue weighted by Crippen LogP contribution is -2.72. The molecule has 0 unspecified atom stereocenters. The first kappa shape index (κ1) is 21.9. The Morgan fingerprint density at radius 3 is 2.44 bits per heavy atom. The zero-order chi connectivity index (χ0) is 23.1. The fraction of sp³-hybridized carbons (Fsp3) is 0.182. The van der Waals surface area contributed by atoms with Gasteiger partial charge in [-0.3, -0.25) is 4.79 Å². The van der Waals surface area contributed by atoms with Crippen molar-refractivity contribution in [1.82, 2.24) is 10.6 Å². The summed E-state index contributed by atoms with van der Waals surface area (Å²) in [6, 6.07) is 13.7. The lowest BCUT2D eigenvalue weighted by molar-refractivity contribution is -0.288. The van der Waals surface area contributed by atoms with Crippen molar-refractivity contribution in [3.8, 4) is 11.3 Å². The fourth-order valence-electron chi connectivity index (χ4n) is 3.68. The standard InChI is InChI=1S/C22H16ClF3N2O4/c23-14-8-4-7-13(11-14)15-9-10-16(32-15)18-17(19(29)12-5-2-1-3-6-12)21(31,22(24,25)26)28-20(30)27-18/h1-11,17-18,31H,(H2,27,28,30)/t17-,18+,21+/m1/s1. The van der Waals surface area contributed by atoms with E-state index >= 15 is 0 Å². The minimum atomic E-state index is -5.35. The second kappa shape index (κ2) is 7.99. The fourth-order valence-corrected chi connectivity index (χ4v) is 3.87. The summed E-state index contributed by atoms with van der Waals surface area (Å²) in [5.74, 6) is -3.06. The van der Waals surface area contributed by atoms with Crippen molar-refractivity contribution >= 4 is 23.4 Å². The molecule has 4 rings (SSSR count). The number of alkyl halides is 3. The zero-order valence-electron chi connectivity index (χ0n) is 16.2. The summed E-state index contributed by atoms with van der Waals surface area (Å²) in [5, 5.41) is 14.8. The van der Waals surface area contributed by atoms with E-state index in [0.29, 0.717) is 10.6 Å². The van der Waals surface area contributed by atoms with Gasteiger partial charge in [-0.1, -0.05) is 54.1 Å². The van der Waals surface area contributed by atoms with Gasteiger partial charge in [0.25, 0.3) is 0 Å². The number of ketones is 1. The average molecular weight is 465 g/mol. The predicted molar refractivity (Wildman–Crippen MR) is 109 cm³/mol. The highest BCUT2D eigenvalue weighted by Gasteiger charge is 2.66. The molecule has 32 heavy (non-hydrogen) atoms. The molecule has 0 radical (unpaired) electrons. The quantitative estimate of drug-likeness (QED) is 0.488. The van der Waals surface area contributed by atoms with Crippen molar-refractivity contribution < 1.29 is 32.3 Å². The summed E-state index contributed by atoms with van der Waals surface area (Å²) in [5.41, 5.74) is -3.35. The molecule has 2 heterocycles. The number of hydrogen-bond donors (Lipinski definition) is 3. The number of hydrogen-bond acceptors (Lipinski definition) is 4. The van der Waals surface area contributed by atoms with Crippen LogP contribution in [0.1, 0.15) is 22.2 Å². The van der Waals surface area contributed by atoms with Gasteiger partial charge < -0.3 is 20.2 Å². The van der Waals surface area contributed by atoms with E-state index in [1.807, 2.05) is 0 Å². The van der Waals surface area contributed by atoms with Gasteiger partial charge in [-0.15, -0.1) is 0 Å². The van der Waals surface area contributed by atoms with E-state index in [-0.39, 0.29) is 17.1 Å². The molecule has 2 aromatic carbocycles. The molecule has 166 valence electrons. The molecule has 10 heteroatoms. The maximum absolute atomic E-state index is 13.9. The van der Waals surface area contributed by atoms with Crippen LogP contribution in [0.2, 0.25) is 5.02 Å². The average Bonchev–Trinajstić information content (AvgIpc) is 3.23. The third-order valence-electron chi connectivity index (χ3n) is 5.19. The van der Waals surface area contributed by atoms with Crippen molar-refractivity contribution in [2.24, 2.45) is 5.92 Å². The van der Waals surface area contributed by atoms with Crippen molar-refractivity contribution in [1.29, 1.82) is 0 Å². The number of furan rings is 1. The normalized spacial score (nSPS) is 23.3. The van der Waals surface area contributed by atoms with Crippen LogP contribution >= 0.6 is 11.6 Å². The molecule has 6 nitrogen and oxygen atoms in total. The van der Waals surface area contributed by atoms with Crippen LogP contribution in [0.25, 0.3) is 11.3 Å². The number of urea groups is 1. The molecule has 3 aromatic rings. The lowest BCUT2D eigenvalue weighted by Gasteiger charge is -2.44. The van der Waals surface area contributed by atoms with E-state index < -0.39 is 35.7 Å². The van der Waals surface area contributed by atoms with Crippen LogP contribution in [-0.2, 0) is 0 Å². The maximum atomic E-state index is 13.9. The molecule has 1 aliphatic rings. The number of nitrogens with one attached hydrogen (secondary N) is 2. The monoisotopic (exact) mass is 464 g/mol. The number of halogens is 4. The Kier molecular flexibility index (Phi) is 5.47. The maximum Gasteiger partial charge on any atom is 0.437 e. The number of amides is 2. The Morgan fingerprint density at radius 2 is 1.78 bits per heavy atom. The Bertz CT molecular complexity index is 1170. The molecular formula is C22H16ClF3N2O4. The second-order valence-corrected chi connectivity index (χ2v) is 7.70. The Hall–Kier alpha value is -3.30. The third-order valence-corrected chi connectivity index (χ3v) is 5.42. The molecule has 0 saturated carbocycles. The highest BCUT2D eigenvalue weighted by molar-refractivity contribution is 6.30. The molecule has 0 spiro atoms. The van der Waals surface area contributed by atoms with Crippen LogP contribution in [0.4, 0.5) is 18.0 Å². The van der Waals surface area contributed by atoms with Crippen LogP contribution in [0.5, 0.6) is 0 Å². The van der Waals surface area contributed by atoms with E-state index in [1.54, 1.807) is 30.3 Å². The van der Waals surface area contributed by atoms with Gasteiger partial charge in [0.2, 0.25) is 5.72 Å². The van der Waals surface area contributed by atoms with E-state index in [2.05, 4.69) is 5.32 Å². The van der Waals surface area contributed by atoms with Gasteiger partial charge in [0, 0.05) is 16.1 Å². The number of benzene rings is 2. The number of Topliss-reactive ketones (excluding diaryl/α,β-unsaturated/α-hetero) is 1. The first-order chi connectivity index (χ1) is 15.1. The van der Waals surface area contributed by atoms with Gasteiger partial charge >= 0.3 is 12.2 Å². The van der Waals surface area contributed by atoms with Crippen molar-refractivity contribution in [3.63, 3.8) is 0 Å². The Balaban J connectivity index is 1.81. The minimum Gasteiger partial charge on any atom is -0.459 e. The summed E-state index contributed by atoms with van der Waals surface area (Å²) < 4.78 is 47.5. The van der Waals surface area contributed by atoms with E-state index in [1.165, 1.54) is 41.7 Å². The predicted octanol–water partition coefficient (Wildman–Crippen LogP) is 4.70. The summed E-state index contributed by atoms with van der Waals surface area (Å²) in [4.78, 5) is 25.2. The van der Waals surface area contributed by atoms with E-state index in [0.717, 1.165) is 0 Å². The lowest BCUT2D eigenvalue weighted by atomic mass is 9.79. The van der Waals surface area contributed by atoms with E-state index in [4.69, 9.17) is 16.0 Å². The van der Waals surface area contributed by atoms with Gasteiger partial charge in [0.05, 0.1) is 0 Å². The number of rotatable bonds is 4. The molecule has 2 amide bonds. The van der Waals surface area contributed by atoms with Crippen LogP contribution in [-0.4, -0.2) is 28.8 Å². The topological polar surface area (TPSA) is 91.6 Å². The summed E-state index contributed by atoms with van der Waals surface area (Å²) in [6.45, 7) is 0. The van der Waals surface area contributed by atoms with Crippen molar-refractivity contribution in [2.75, 3.05) is 0 Å². The molecule has 1 fully saturated rings.